The van der Waals surface area contributed by atoms with Gasteiger partial charge in [-0.15, -0.1) is 0 Å². The molecule has 1 aromatic carbocycles. The number of carbonyl (C=O) groups is 2. The van der Waals surface area contributed by atoms with Gasteiger partial charge in [0, 0.05) is 17.1 Å². The first-order valence-electron chi connectivity index (χ1n) is 7.79. The fraction of sp³-hybridized carbons (Fsp3) is 0.500. The molecule has 8 heteroatoms. The smallest absolute Gasteiger partial charge is 0.345 e. The molecular formula is C16H19ClN2O5. The Labute approximate surface area is 144 Å². The molecule has 0 aromatic heterocycles. The van der Waals surface area contributed by atoms with Gasteiger partial charge in [0.1, 0.15) is 5.56 Å². The number of nitrogens with zero attached hydrogens (tertiary/aromatic N) is 1. The number of nitro benzene ring substituents is 1. The lowest BCUT2D eigenvalue weighted by Crippen LogP contribution is -2.42. The van der Waals surface area contributed by atoms with E-state index in [1.165, 1.54) is 12.1 Å². The molecule has 7 nitrogen and oxygen atoms in total. The van der Waals surface area contributed by atoms with Gasteiger partial charge in [-0.2, -0.15) is 0 Å². The Bertz CT molecular complexity index is 649. The SMILES string of the molecule is CC1CCCCC1NC(=O)COC(=O)c1ccc(Cl)cc1[N+](=O)[O-]. The highest BCUT2D eigenvalue weighted by atomic mass is 35.5. The largest absolute Gasteiger partial charge is 0.452 e. The predicted octanol–water partition coefficient (Wildman–Crippen LogP) is 3.10. The second kappa shape index (κ2) is 8.10. The van der Waals surface area contributed by atoms with Crippen LogP contribution in [0.5, 0.6) is 0 Å². The molecule has 1 aromatic rings. The maximum absolute atomic E-state index is 12.0. The highest BCUT2D eigenvalue weighted by molar-refractivity contribution is 6.31. The molecule has 0 spiro atoms. The second-order valence-electron chi connectivity index (χ2n) is 5.93. The molecule has 1 saturated carbocycles. The van der Waals surface area contributed by atoms with Gasteiger partial charge in [0.05, 0.1) is 4.92 Å². The van der Waals surface area contributed by atoms with E-state index >= 15 is 0 Å². The van der Waals surface area contributed by atoms with E-state index in [4.69, 9.17) is 16.3 Å². The molecule has 0 aliphatic heterocycles. The minimum atomic E-state index is -0.926. The zero-order chi connectivity index (χ0) is 17.7. The molecule has 1 amide bonds. The van der Waals surface area contributed by atoms with Crippen molar-refractivity contribution in [2.75, 3.05) is 6.61 Å². The Kier molecular flexibility index (Phi) is 6.14. The van der Waals surface area contributed by atoms with Crippen LogP contribution in [0.15, 0.2) is 18.2 Å². The summed E-state index contributed by atoms with van der Waals surface area (Å²) in [6.45, 7) is 1.61. The second-order valence-corrected chi connectivity index (χ2v) is 6.37. The summed E-state index contributed by atoms with van der Waals surface area (Å²) in [5.74, 6) is -0.945. The van der Waals surface area contributed by atoms with Gasteiger partial charge in [0.2, 0.25) is 0 Å². The van der Waals surface area contributed by atoms with Crippen molar-refractivity contribution >= 4 is 29.2 Å². The Morgan fingerprint density at radius 2 is 2.08 bits per heavy atom. The first-order chi connectivity index (χ1) is 11.4. The topological polar surface area (TPSA) is 98.5 Å². The first-order valence-corrected chi connectivity index (χ1v) is 8.16. The predicted molar refractivity (Wildman–Crippen MR) is 88.0 cm³/mol. The van der Waals surface area contributed by atoms with Crippen molar-refractivity contribution in [2.45, 2.75) is 38.6 Å². The number of amides is 1. The van der Waals surface area contributed by atoms with Gasteiger partial charge in [-0.3, -0.25) is 14.9 Å². The average molecular weight is 355 g/mol. The van der Waals surface area contributed by atoms with Gasteiger partial charge >= 0.3 is 5.97 Å². The molecule has 0 saturated heterocycles. The van der Waals surface area contributed by atoms with Crippen LogP contribution in [0.3, 0.4) is 0 Å². The molecule has 1 fully saturated rings. The zero-order valence-electron chi connectivity index (χ0n) is 13.3. The lowest BCUT2D eigenvalue weighted by Gasteiger charge is -2.29. The Morgan fingerprint density at radius 1 is 1.38 bits per heavy atom. The third kappa shape index (κ3) is 4.67. The van der Waals surface area contributed by atoms with E-state index in [1.54, 1.807) is 0 Å². The minimum Gasteiger partial charge on any atom is -0.452 e. The van der Waals surface area contributed by atoms with E-state index in [1.807, 2.05) is 0 Å². The van der Waals surface area contributed by atoms with E-state index in [0.29, 0.717) is 5.92 Å². The normalized spacial score (nSPS) is 20.2. The lowest BCUT2D eigenvalue weighted by atomic mass is 9.86. The minimum absolute atomic E-state index is 0.0785. The van der Waals surface area contributed by atoms with Crippen molar-refractivity contribution in [1.29, 1.82) is 0 Å². The molecule has 2 rings (SSSR count). The van der Waals surface area contributed by atoms with Crippen LogP contribution in [-0.2, 0) is 9.53 Å². The standard InChI is InChI=1S/C16H19ClN2O5/c1-10-4-2-3-5-13(10)18-15(20)9-24-16(21)12-7-6-11(17)8-14(12)19(22)23/h6-8,10,13H,2-5,9H2,1H3,(H,18,20). The van der Waals surface area contributed by atoms with Crippen molar-refractivity contribution in [2.24, 2.45) is 5.92 Å². The zero-order valence-corrected chi connectivity index (χ0v) is 14.0. The summed E-state index contributed by atoms with van der Waals surface area (Å²) in [6.07, 6.45) is 4.18. The van der Waals surface area contributed by atoms with Crippen LogP contribution in [0.4, 0.5) is 5.69 Å². The van der Waals surface area contributed by atoms with Gasteiger partial charge in [-0.1, -0.05) is 31.4 Å². The number of hydrogen-bond acceptors (Lipinski definition) is 5. The van der Waals surface area contributed by atoms with E-state index in [-0.39, 0.29) is 16.6 Å². The molecule has 2 atom stereocenters. The molecule has 1 aliphatic rings. The number of carbonyl (C=O) groups excluding carboxylic acids is 2. The van der Waals surface area contributed by atoms with E-state index in [0.717, 1.165) is 31.7 Å². The van der Waals surface area contributed by atoms with Gasteiger partial charge in [-0.05, 0) is 30.9 Å². The third-order valence-corrected chi connectivity index (χ3v) is 4.40. The fourth-order valence-corrected chi connectivity index (χ4v) is 2.98. The number of esters is 1. The summed E-state index contributed by atoms with van der Waals surface area (Å²) in [5, 5.41) is 14.0. The van der Waals surface area contributed by atoms with Gasteiger partial charge in [-0.25, -0.2) is 4.79 Å². The summed E-state index contributed by atoms with van der Waals surface area (Å²) < 4.78 is 4.90. The number of benzene rings is 1. The molecule has 130 valence electrons. The number of halogens is 1. The van der Waals surface area contributed by atoms with Crippen molar-refractivity contribution < 1.29 is 19.2 Å². The number of nitro groups is 1. The maximum atomic E-state index is 12.0. The van der Waals surface area contributed by atoms with E-state index < -0.39 is 29.1 Å². The van der Waals surface area contributed by atoms with E-state index in [2.05, 4.69) is 12.2 Å². The lowest BCUT2D eigenvalue weighted by molar-refractivity contribution is -0.385. The molecule has 0 radical (unpaired) electrons. The number of rotatable bonds is 5. The highest BCUT2D eigenvalue weighted by Crippen LogP contribution is 2.25. The van der Waals surface area contributed by atoms with Crippen LogP contribution in [0.25, 0.3) is 0 Å². The maximum Gasteiger partial charge on any atom is 0.345 e. The molecule has 0 bridgehead atoms. The number of nitrogens with one attached hydrogen (secondary N) is 1. The van der Waals surface area contributed by atoms with Crippen LogP contribution in [0.2, 0.25) is 5.02 Å². The molecule has 0 heterocycles. The Hall–Kier alpha value is -2.15. The number of hydrogen-bond donors (Lipinski definition) is 1. The summed E-state index contributed by atoms with van der Waals surface area (Å²) >= 11 is 5.69. The average Bonchev–Trinajstić information content (AvgIpc) is 2.54. The Balaban J connectivity index is 1.93. The van der Waals surface area contributed by atoms with Crippen LogP contribution in [-0.4, -0.2) is 29.4 Å². The summed E-state index contributed by atoms with van der Waals surface area (Å²) in [7, 11) is 0. The number of ether oxygens (including phenoxy) is 1. The molecule has 24 heavy (non-hydrogen) atoms. The summed E-state index contributed by atoms with van der Waals surface area (Å²) in [5.41, 5.74) is -0.683. The van der Waals surface area contributed by atoms with Crippen LogP contribution in [0.1, 0.15) is 43.0 Å². The van der Waals surface area contributed by atoms with Gasteiger partial charge in [0.25, 0.3) is 11.6 Å². The fourth-order valence-electron chi connectivity index (χ4n) is 2.82. The quantitative estimate of drug-likeness (QED) is 0.497. The summed E-state index contributed by atoms with van der Waals surface area (Å²) in [6, 6.07) is 3.72. The highest BCUT2D eigenvalue weighted by Gasteiger charge is 2.25. The summed E-state index contributed by atoms with van der Waals surface area (Å²) in [4.78, 5) is 34.2. The van der Waals surface area contributed by atoms with Crippen molar-refractivity contribution in [3.05, 3.63) is 38.9 Å². The van der Waals surface area contributed by atoms with Crippen LogP contribution in [0, 0.1) is 16.0 Å². The monoisotopic (exact) mass is 354 g/mol. The van der Waals surface area contributed by atoms with Crippen molar-refractivity contribution in [1.82, 2.24) is 5.32 Å². The van der Waals surface area contributed by atoms with Gasteiger partial charge in [0.15, 0.2) is 6.61 Å². The molecule has 1 aliphatic carbocycles. The van der Waals surface area contributed by atoms with E-state index in [9.17, 15) is 19.7 Å². The first kappa shape index (κ1) is 18.2. The molecule has 1 N–H and O–H groups in total. The Morgan fingerprint density at radius 3 is 2.75 bits per heavy atom. The van der Waals surface area contributed by atoms with Gasteiger partial charge < -0.3 is 10.1 Å². The molecular weight excluding hydrogens is 336 g/mol. The molecule has 2 unspecified atom stereocenters. The van der Waals surface area contributed by atoms with Crippen molar-refractivity contribution in [3.63, 3.8) is 0 Å². The third-order valence-electron chi connectivity index (χ3n) is 4.17. The van der Waals surface area contributed by atoms with Crippen molar-refractivity contribution in [3.8, 4) is 0 Å². The van der Waals surface area contributed by atoms with Crippen LogP contribution < -0.4 is 5.32 Å². The van der Waals surface area contributed by atoms with Crippen LogP contribution >= 0.6 is 11.6 Å².